The molecule has 1 unspecified atom stereocenters. The summed E-state index contributed by atoms with van der Waals surface area (Å²) in [6.45, 7) is -2.93. The molecule has 0 fully saturated rings. The molecule has 1 aromatic heterocycles. The zero-order valence-electron chi connectivity index (χ0n) is 14.6. The highest BCUT2D eigenvalue weighted by Gasteiger charge is 2.27. The Kier molecular flexibility index (Phi) is 4.99. The zero-order valence-corrected chi connectivity index (χ0v) is 16.2. The number of ether oxygens (including phenoxy) is 2. The summed E-state index contributed by atoms with van der Waals surface area (Å²) >= 11 is 3.40. The average Bonchev–Trinajstić information content (AvgIpc) is 3.17. The van der Waals surface area contributed by atoms with Crippen LogP contribution in [0.1, 0.15) is 17.2 Å². The summed E-state index contributed by atoms with van der Waals surface area (Å²) in [5.41, 5.74) is 2.15. The van der Waals surface area contributed by atoms with Crippen LogP contribution >= 0.6 is 15.9 Å². The van der Waals surface area contributed by atoms with Gasteiger partial charge in [0.1, 0.15) is 23.9 Å². The van der Waals surface area contributed by atoms with Crippen LogP contribution in [0.3, 0.4) is 0 Å². The quantitative estimate of drug-likeness (QED) is 0.612. The number of methoxy groups -OCH3 is 1. The monoisotopic (exact) mass is 448 g/mol. The number of aromatic nitrogens is 3. The second kappa shape index (κ2) is 7.59. The van der Waals surface area contributed by atoms with Gasteiger partial charge in [-0.05, 0) is 36.4 Å². The maximum Gasteiger partial charge on any atom is 0.387 e. The first-order chi connectivity index (χ1) is 13.5. The number of hydrogen-bond donors (Lipinski definition) is 1. The first-order valence-corrected chi connectivity index (χ1v) is 9.11. The summed E-state index contributed by atoms with van der Waals surface area (Å²) in [5, 5.41) is 7.46. The molecule has 4 rings (SSSR count). The lowest BCUT2D eigenvalue weighted by atomic mass is 10.0. The molecule has 0 aliphatic carbocycles. The van der Waals surface area contributed by atoms with Crippen LogP contribution in [0.4, 0.5) is 14.7 Å². The Morgan fingerprint density at radius 1 is 1.21 bits per heavy atom. The van der Waals surface area contributed by atoms with Gasteiger partial charge in [-0.25, -0.2) is 4.68 Å². The van der Waals surface area contributed by atoms with Crippen molar-refractivity contribution in [3.05, 3.63) is 70.5 Å². The van der Waals surface area contributed by atoms with Crippen LogP contribution in [0.15, 0.2) is 59.3 Å². The zero-order chi connectivity index (χ0) is 19.7. The van der Waals surface area contributed by atoms with Crippen LogP contribution in [0.2, 0.25) is 0 Å². The fraction of sp³-hybridized carbons (Fsp3) is 0.158. The van der Waals surface area contributed by atoms with E-state index in [0.29, 0.717) is 17.3 Å². The van der Waals surface area contributed by atoms with E-state index in [9.17, 15) is 8.78 Å². The molecule has 28 heavy (non-hydrogen) atoms. The van der Waals surface area contributed by atoms with Gasteiger partial charge in [-0.1, -0.05) is 28.1 Å². The van der Waals surface area contributed by atoms with Gasteiger partial charge in [0.15, 0.2) is 0 Å². The van der Waals surface area contributed by atoms with Crippen LogP contribution in [0, 0.1) is 0 Å². The minimum Gasteiger partial charge on any atom is -0.497 e. The van der Waals surface area contributed by atoms with Gasteiger partial charge in [-0.2, -0.15) is 18.9 Å². The molecule has 2 aromatic carbocycles. The molecule has 0 spiro atoms. The van der Waals surface area contributed by atoms with E-state index in [1.807, 2.05) is 30.3 Å². The van der Waals surface area contributed by atoms with Gasteiger partial charge < -0.3 is 14.8 Å². The summed E-state index contributed by atoms with van der Waals surface area (Å²) in [6.07, 6.45) is 3.29. The van der Waals surface area contributed by atoms with Crippen LogP contribution in [0.5, 0.6) is 11.5 Å². The fourth-order valence-electron chi connectivity index (χ4n) is 3.07. The number of nitrogens with one attached hydrogen (secondary N) is 1. The highest BCUT2D eigenvalue weighted by atomic mass is 79.9. The van der Waals surface area contributed by atoms with Crippen molar-refractivity contribution in [2.75, 3.05) is 12.4 Å². The SMILES string of the molecule is COc1cccc(C2=CC(c3cc(Br)ccc3OC(F)F)n3ncnc3N2)c1. The van der Waals surface area contributed by atoms with Gasteiger partial charge in [0, 0.05) is 21.3 Å². The highest BCUT2D eigenvalue weighted by Crippen LogP contribution is 2.38. The number of anilines is 1. The maximum atomic E-state index is 12.9. The smallest absolute Gasteiger partial charge is 0.387 e. The van der Waals surface area contributed by atoms with E-state index in [1.165, 1.54) is 12.4 Å². The first kappa shape index (κ1) is 18.4. The number of alkyl halides is 2. The number of benzene rings is 2. The molecule has 9 heteroatoms. The van der Waals surface area contributed by atoms with Gasteiger partial charge in [-0.15, -0.1) is 0 Å². The summed E-state index contributed by atoms with van der Waals surface area (Å²) in [7, 11) is 1.59. The van der Waals surface area contributed by atoms with Crippen molar-refractivity contribution in [2.45, 2.75) is 12.7 Å². The molecule has 0 radical (unpaired) electrons. The predicted molar refractivity (Wildman–Crippen MR) is 104 cm³/mol. The summed E-state index contributed by atoms with van der Waals surface area (Å²) in [4.78, 5) is 4.23. The van der Waals surface area contributed by atoms with Crippen molar-refractivity contribution in [3.8, 4) is 11.5 Å². The minimum absolute atomic E-state index is 0.0767. The van der Waals surface area contributed by atoms with E-state index in [-0.39, 0.29) is 5.75 Å². The second-order valence-electron chi connectivity index (χ2n) is 5.97. The average molecular weight is 449 g/mol. The normalized spacial score (nSPS) is 15.6. The van der Waals surface area contributed by atoms with Crippen LogP contribution in [-0.2, 0) is 0 Å². The predicted octanol–water partition coefficient (Wildman–Crippen LogP) is 4.71. The number of halogens is 3. The third-order valence-electron chi connectivity index (χ3n) is 4.29. The lowest BCUT2D eigenvalue weighted by molar-refractivity contribution is -0.0506. The third-order valence-corrected chi connectivity index (χ3v) is 4.79. The molecule has 1 aliphatic heterocycles. The molecule has 3 aromatic rings. The number of hydrogen-bond acceptors (Lipinski definition) is 5. The first-order valence-electron chi connectivity index (χ1n) is 8.32. The van der Waals surface area contributed by atoms with E-state index < -0.39 is 12.7 Å². The molecular formula is C19H15BrF2N4O2. The summed E-state index contributed by atoms with van der Waals surface area (Å²) in [6, 6.07) is 11.9. The minimum atomic E-state index is -2.93. The van der Waals surface area contributed by atoms with Crippen molar-refractivity contribution in [3.63, 3.8) is 0 Å². The standard InChI is InChI=1S/C19H15BrF2N4O2/c1-27-13-4-2-3-11(7-13)15-9-16(26-19(25-15)23-10-24-26)14-8-12(20)5-6-17(14)28-18(21)22/h2-10,16,18H,1H3,(H,23,24,25). The molecule has 0 amide bonds. The van der Waals surface area contributed by atoms with Gasteiger partial charge in [0.25, 0.3) is 0 Å². The molecule has 0 saturated heterocycles. The molecule has 1 aliphatic rings. The van der Waals surface area contributed by atoms with Crippen molar-refractivity contribution in [2.24, 2.45) is 0 Å². The topological polar surface area (TPSA) is 61.2 Å². The third kappa shape index (κ3) is 3.57. The summed E-state index contributed by atoms with van der Waals surface area (Å²) < 4.78 is 38.2. The highest BCUT2D eigenvalue weighted by molar-refractivity contribution is 9.10. The Labute approximate surface area is 167 Å². The molecule has 0 bridgehead atoms. The van der Waals surface area contributed by atoms with Crippen molar-refractivity contribution < 1.29 is 18.3 Å². The van der Waals surface area contributed by atoms with Gasteiger partial charge in [-0.3, -0.25) is 0 Å². The Morgan fingerprint density at radius 2 is 2.07 bits per heavy atom. The molecule has 144 valence electrons. The number of rotatable bonds is 5. The van der Waals surface area contributed by atoms with Crippen molar-refractivity contribution in [1.82, 2.24) is 14.8 Å². The number of allylic oxidation sites excluding steroid dienone is 1. The maximum absolute atomic E-state index is 12.9. The Morgan fingerprint density at radius 3 is 2.86 bits per heavy atom. The van der Waals surface area contributed by atoms with E-state index in [1.54, 1.807) is 23.9 Å². The Hall–Kier alpha value is -2.94. The fourth-order valence-corrected chi connectivity index (χ4v) is 3.45. The summed E-state index contributed by atoms with van der Waals surface area (Å²) in [5.74, 6) is 1.27. The van der Waals surface area contributed by atoms with E-state index in [0.717, 1.165) is 15.7 Å². The van der Waals surface area contributed by atoms with Gasteiger partial charge >= 0.3 is 6.61 Å². The molecule has 0 saturated carbocycles. The molecule has 1 atom stereocenters. The number of fused-ring (bicyclic) bond motifs is 1. The lowest BCUT2D eigenvalue weighted by Gasteiger charge is -2.26. The van der Waals surface area contributed by atoms with Crippen LogP contribution in [-0.4, -0.2) is 28.5 Å². The lowest BCUT2D eigenvalue weighted by Crippen LogP contribution is -2.21. The second-order valence-corrected chi connectivity index (χ2v) is 6.89. The van der Waals surface area contributed by atoms with Gasteiger partial charge in [0.05, 0.1) is 7.11 Å². The van der Waals surface area contributed by atoms with Crippen LogP contribution in [0.25, 0.3) is 5.70 Å². The molecule has 1 N–H and O–H groups in total. The van der Waals surface area contributed by atoms with Crippen LogP contribution < -0.4 is 14.8 Å². The molecular weight excluding hydrogens is 434 g/mol. The largest absolute Gasteiger partial charge is 0.497 e. The van der Waals surface area contributed by atoms with E-state index in [4.69, 9.17) is 9.47 Å². The van der Waals surface area contributed by atoms with E-state index in [2.05, 4.69) is 31.3 Å². The van der Waals surface area contributed by atoms with Crippen molar-refractivity contribution in [1.29, 1.82) is 0 Å². The van der Waals surface area contributed by atoms with E-state index >= 15 is 0 Å². The Balaban J connectivity index is 1.83. The van der Waals surface area contributed by atoms with Gasteiger partial charge in [0.2, 0.25) is 5.95 Å². The number of nitrogens with zero attached hydrogens (tertiary/aromatic N) is 3. The molecule has 2 heterocycles. The molecule has 6 nitrogen and oxygen atoms in total. The van der Waals surface area contributed by atoms with Crippen molar-refractivity contribution >= 4 is 27.6 Å². The Bertz CT molecular complexity index is 1040.